The van der Waals surface area contributed by atoms with E-state index in [1.54, 1.807) is 0 Å². The van der Waals surface area contributed by atoms with Gasteiger partial charge in [-0.1, -0.05) is 291 Å². The molecule has 0 N–H and O–H groups in total. The van der Waals surface area contributed by atoms with Crippen LogP contribution in [0.25, 0.3) is 159 Å². The number of rotatable bonds is 19. The van der Waals surface area contributed by atoms with Crippen molar-refractivity contribution in [1.29, 1.82) is 0 Å². The second-order valence-electron chi connectivity index (χ2n) is 32.6. The quantitative estimate of drug-likeness (QED) is 0.0800. The molecule has 0 aliphatic rings. The first-order valence-electron chi connectivity index (χ1n) is 43.4. The molecule has 0 atom stereocenters. The fourth-order valence-corrected chi connectivity index (χ4v) is 23.8. The lowest BCUT2D eigenvalue weighted by Gasteiger charge is -2.28. The molecule has 0 amide bonds. The molecule has 4 aromatic heterocycles. The van der Waals surface area contributed by atoms with E-state index in [0.29, 0.717) is 0 Å². The van der Waals surface area contributed by atoms with Crippen molar-refractivity contribution in [2.24, 2.45) is 0 Å². The number of thiophene rings is 4. The Balaban J connectivity index is 0.521. The number of benzene rings is 20. The van der Waals surface area contributed by atoms with Crippen LogP contribution in [0.5, 0.6) is 0 Å². The predicted octanol–water partition coefficient (Wildman–Crippen LogP) is 36.7. The zero-order valence-electron chi connectivity index (χ0n) is 69.5. The van der Waals surface area contributed by atoms with Crippen molar-refractivity contribution in [3.63, 3.8) is 0 Å². The first-order chi connectivity index (χ1) is 63.4. The fourth-order valence-electron chi connectivity index (χ4n) is 18.8. The van der Waals surface area contributed by atoms with Gasteiger partial charge in [0.25, 0.3) is 0 Å². The Labute approximate surface area is 758 Å². The third kappa shape index (κ3) is 13.9. The van der Waals surface area contributed by atoms with Gasteiger partial charge in [-0.3, -0.25) is 0 Å². The molecule has 4 heterocycles. The van der Waals surface area contributed by atoms with Crippen LogP contribution in [0.2, 0.25) is 0 Å². The summed E-state index contributed by atoms with van der Waals surface area (Å²) in [6.07, 6.45) is 0. The summed E-state index contributed by atoms with van der Waals surface area (Å²) in [6, 6.07) is 174. The van der Waals surface area contributed by atoms with Crippen LogP contribution in [-0.2, 0) is 0 Å². The van der Waals surface area contributed by atoms with Crippen molar-refractivity contribution in [1.82, 2.24) is 0 Å². The zero-order chi connectivity index (χ0) is 84.5. The highest BCUT2D eigenvalue weighted by Crippen LogP contribution is 2.50. The Morgan fingerprint density at radius 3 is 0.578 bits per heavy atom. The third-order valence-corrected chi connectivity index (χ3v) is 30.0. The average molecular weight is 1700 g/mol. The minimum Gasteiger partial charge on any atom is -0.311 e. The van der Waals surface area contributed by atoms with Crippen LogP contribution in [0.1, 0.15) is 0 Å². The molecule has 0 aliphatic carbocycles. The number of fused-ring (bicyclic) bond motifs is 12. The van der Waals surface area contributed by atoms with Crippen molar-refractivity contribution in [3.8, 4) is 77.9 Å². The van der Waals surface area contributed by atoms with Crippen LogP contribution in [-0.4, -0.2) is 0 Å². The molecule has 24 rings (SSSR count). The van der Waals surface area contributed by atoms with E-state index in [0.717, 1.165) is 107 Å². The average Bonchev–Trinajstić information content (AvgIpc) is 1.37. The Morgan fingerprint density at radius 1 is 0.117 bits per heavy atom. The minimum atomic E-state index is 1.05. The largest absolute Gasteiger partial charge is 0.311 e. The highest BCUT2D eigenvalue weighted by atomic mass is 32.1. The molecule has 8 heteroatoms. The monoisotopic (exact) mass is 1700 g/mol. The summed E-state index contributed by atoms with van der Waals surface area (Å²) >= 11 is 7.49. The van der Waals surface area contributed by atoms with E-state index in [2.05, 4.69) is 493 Å². The molecule has 4 nitrogen and oxygen atoms in total. The van der Waals surface area contributed by atoms with Crippen LogP contribution >= 0.6 is 45.3 Å². The second-order valence-corrected chi connectivity index (χ2v) is 36.8. The van der Waals surface area contributed by atoms with E-state index in [1.165, 1.54) is 120 Å². The molecule has 0 unspecified atom stereocenters. The number of para-hydroxylation sites is 3. The summed E-state index contributed by atoms with van der Waals surface area (Å²) in [5, 5.41) is 10.3. The summed E-state index contributed by atoms with van der Waals surface area (Å²) in [7, 11) is 0. The lowest BCUT2D eigenvalue weighted by molar-refractivity contribution is 1.26. The van der Waals surface area contributed by atoms with Gasteiger partial charge in [-0.2, -0.15) is 0 Å². The Morgan fingerprint density at radius 2 is 0.305 bits per heavy atom. The van der Waals surface area contributed by atoms with Crippen LogP contribution in [0.15, 0.2) is 473 Å². The number of nitrogens with zero attached hydrogens (tertiary/aromatic N) is 4. The normalized spacial score (nSPS) is 11.6. The molecule has 602 valence electrons. The van der Waals surface area contributed by atoms with Crippen molar-refractivity contribution in [2.75, 3.05) is 19.6 Å². The molecule has 24 aromatic rings. The summed E-state index contributed by atoms with van der Waals surface area (Å²) in [5.41, 5.74) is 29.6. The highest BCUT2D eigenvalue weighted by molar-refractivity contribution is 7.27. The van der Waals surface area contributed by atoms with Crippen LogP contribution in [0, 0.1) is 0 Å². The standard InChI is InChI=1S/C120H78N4S4/c1-4-21-89(22-5-1)121(95-65-51-84(52-66-95)101-31-18-34-108-104-27-10-14-37-113(104)125-117(101)108)92-59-45-81(46-60-92)79-41-43-80(44-42-79)82-47-61-93(62-48-82)122(90-23-6-2-7-24-90)97-71-57-87(58-72-97)111-77-88(78-112-107-30-13-17-40-116(107)128-120(111)112)83-49-63-94(64-50-83)124(98-69-55-86(56-70-98)103-33-20-36-110-106-29-12-16-39-115(106)127-119(103)110)100-75-73-99(74-76-100)123(91-25-8-3-9-26-91)96-67-53-85(54-68-96)102-32-19-35-109-105-28-11-15-38-114(105)126-118(102)109/h1-78H. The maximum atomic E-state index is 2.41. The van der Waals surface area contributed by atoms with Crippen molar-refractivity contribution >= 4 is 194 Å². The summed E-state index contributed by atoms with van der Waals surface area (Å²) < 4.78 is 10.4. The van der Waals surface area contributed by atoms with E-state index in [-0.39, 0.29) is 0 Å². The summed E-state index contributed by atoms with van der Waals surface area (Å²) in [6.45, 7) is 0. The van der Waals surface area contributed by atoms with Crippen molar-refractivity contribution in [2.45, 2.75) is 0 Å². The molecule has 0 radical (unpaired) electrons. The zero-order valence-corrected chi connectivity index (χ0v) is 72.7. The number of anilines is 12. The molecular formula is C120H78N4S4. The topological polar surface area (TPSA) is 13.0 Å². The predicted molar refractivity (Wildman–Crippen MR) is 555 cm³/mol. The molecule has 0 aliphatic heterocycles. The Kier molecular flexibility index (Phi) is 19.4. The SMILES string of the molecule is c1ccc(N(c2ccc(-c3ccc(-c4ccc(N(c5ccccc5)c5ccc(-c6cc(-c7ccc(N(c8ccc(-c9cccc%10c9sc9ccccc9%10)cc8)c8ccc(N(c9ccccc9)c9ccc(-c%10cccc%11c%10sc%10ccccc%10%11)cc9)cc8)cc7)cc7c6sc6ccccc67)cc5)cc4)cc3)cc2)c2ccc(-c3cccc4c3sc3ccccc34)cc2)cc1. The van der Waals surface area contributed by atoms with E-state index in [1.807, 2.05) is 45.3 Å². The lowest BCUT2D eigenvalue weighted by Crippen LogP contribution is -2.12. The molecule has 0 fully saturated rings. The first kappa shape index (κ1) is 76.2. The lowest BCUT2D eigenvalue weighted by atomic mass is 9.95. The molecule has 128 heavy (non-hydrogen) atoms. The van der Waals surface area contributed by atoms with E-state index in [9.17, 15) is 0 Å². The molecule has 0 bridgehead atoms. The molecule has 0 saturated heterocycles. The molecular weight excluding hydrogens is 1630 g/mol. The van der Waals surface area contributed by atoms with Gasteiger partial charge in [-0.15, -0.1) is 45.3 Å². The van der Waals surface area contributed by atoms with E-state index >= 15 is 0 Å². The highest BCUT2D eigenvalue weighted by Gasteiger charge is 2.24. The smallest absolute Gasteiger partial charge is 0.0463 e. The third-order valence-electron chi connectivity index (χ3n) is 25.1. The van der Waals surface area contributed by atoms with E-state index in [4.69, 9.17) is 0 Å². The van der Waals surface area contributed by atoms with Crippen LogP contribution in [0.4, 0.5) is 68.2 Å². The molecule has 0 saturated carbocycles. The van der Waals surface area contributed by atoms with Crippen LogP contribution < -0.4 is 19.6 Å². The summed E-state index contributed by atoms with van der Waals surface area (Å²) in [5.74, 6) is 0. The van der Waals surface area contributed by atoms with Gasteiger partial charge in [0.15, 0.2) is 0 Å². The van der Waals surface area contributed by atoms with Crippen molar-refractivity contribution < 1.29 is 0 Å². The Bertz CT molecular complexity index is 8240. The molecule has 0 spiro atoms. The van der Waals surface area contributed by atoms with Gasteiger partial charge in [0, 0.05) is 155 Å². The van der Waals surface area contributed by atoms with E-state index < -0.39 is 0 Å². The Hall–Kier alpha value is -15.5. The maximum absolute atomic E-state index is 2.41. The number of hydrogen-bond donors (Lipinski definition) is 0. The van der Waals surface area contributed by atoms with Gasteiger partial charge in [-0.25, -0.2) is 0 Å². The summed E-state index contributed by atoms with van der Waals surface area (Å²) in [4.78, 5) is 9.47. The second kappa shape index (κ2) is 32.5. The van der Waals surface area contributed by atoms with Gasteiger partial charge < -0.3 is 19.6 Å². The first-order valence-corrected chi connectivity index (χ1v) is 46.7. The van der Waals surface area contributed by atoms with Gasteiger partial charge in [-0.05, 0) is 254 Å². The van der Waals surface area contributed by atoms with Gasteiger partial charge in [0.1, 0.15) is 0 Å². The maximum Gasteiger partial charge on any atom is 0.0463 e. The minimum absolute atomic E-state index is 1.05. The van der Waals surface area contributed by atoms with Crippen LogP contribution in [0.3, 0.4) is 0 Å². The number of hydrogen-bond acceptors (Lipinski definition) is 8. The van der Waals surface area contributed by atoms with Gasteiger partial charge >= 0.3 is 0 Å². The van der Waals surface area contributed by atoms with Crippen molar-refractivity contribution in [3.05, 3.63) is 473 Å². The fraction of sp³-hybridized carbons (Fsp3) is 0. The molecule has 20 aromatic carbocycles. The van der Waals surface area contributed by atoms with Gasteiger partial charge in [0.2, 0.25) is 0 Å². The van der Waals surface area contributed by atoms with Gasteiger partial charge in [0.05, 0.1) is 0 Å².